The van der Waals surface area contributed by atoms with E-state index in [0.717, 1.165) is 57.8 Å². The molecular formula is C21H36O4. The largest absolute Gasteiger partial charge is 0.466 e. The lowest BCUT2D eigenvalue weighted by Gasteiger charge is -2.20. The highest BCUT2D eigenvalue weighted by molar-refractivity contribution is 5.83. The van der Waals surface area contributed by atoms with Gasteiger partial charge in [0.1, 0.15) is 5.78 Å². The van der Waals surface area contributed by atoms with E-state index >= 15 is 0 Å². The van der Waals surface area contributed by atoms with Crippen LogP contribution in [0.3, 0.4) is 0 Å². The summed E-state index contributed by atoms with van der Waals surface area (Å²) >= 11 is 0. The third-order valence-corrected chi connectivity index (χ3v) is 5.35. The molecule has 1 rings (SSSR count). The van der Waals surface area contributed by atoms with E-state index in [1.165, 1.54) is 26.0 Å². The zero-order valence-corrected chi connectivity index (χ0v) is 16.0. The maximum Gasteiger partial charge on any atom is 0.330 e. The minimum atomic E-state index is -0.316. The molecule has 1 N–H and O–H groups in total. The Morgan fingerprint density at radius 2 is 2.04 bits per heavy atom. The standard InChI is InChI=1S/C21H36O4/c1-3-4-7-10-18(22)15-13-17-14-16-20(23)19(17)11-8-5-6-9-12-21(24)25-2/h9,12,17-19,22H,3-8,10-11,13-16H2,1-2H3/t17-,18-,19+/m0/s1. The number of unbranched alkanes of at least 4 members (excludes halogenated alkanes) is 4. The Balaban J connectivity index is 2.23. The number of aliphatic hydroxyl groups is 1. The number of Topliss-reactive ketones (excluding diaryl/α,β-unsaturated/α-hetero) is 1. The van der Waals surface area contributed by atoms with E-state index < -0.39 is 0 Å². The molecule has 0 aliphatic heterocycles. The number of methoxy groups -OCH3 is 1. The average molecular weight is 353 g/mol. The molecule has 0 spiro atoms. The van der Waals surface area contributed by atoms with E-state index in [1.807, 2.05) is 6.08 Å². The van der Waals surface area contributed by atoms with Crippen LogP contribution in [0.2, 0.25) is 0 Å². The molecule has 144 valence electrons. The van der Waals surface area contributed by atoms with E-state index in [2.05, 4.69) is 11.7 Å². The van der Waals surface area contributed by atoms with Crippen molar-refractivity contribution in [2.24, 2.45) is 11.8 Å². The molecule has 1 aliphatic carbocycles. The average Bonchev–Trinajstić information content (AvgIpc) is 2.96. The molecule has 0 bridgehead atoms. The molecule has 0 unspecified atom stereocenters. The second-order valence-corrected chi connectivity index (χ2v) is 7.31. The van der Waals surface area contributed by atoms with Gasteiger partial charge in [-0.15, -0.1) is 0 Å². The number of esters is 1. The van der Waals surface area contributed by atoms with Gasteiger partial charge in [-0.1, -0.05) is 38.7 Å². The lowest BCUT2D eigenvalue weighted by Crippen LogP contribution is -2.17. The minimum Gasteiger partial charge on any atom is -0.466 e. The molecule has 1 aliphatic rings. The summed E-state index contributed by atoms with van der Waals surface area (Å²) in [6, 6.07) is 0. The van der Waals surface area contributed by atoms with Crippen LogP contribution in [0, 0.1) is 11.8 Å². The van der Waals surface area contributed by atoms with E-state index in [9.17, 15) is 14.7 Å². The Morgan fingerprint density at radius 3 is 2.76 bits per heavy atom. The first kappa shape index (κ1) is 21.9. The van der Waals surface area contributed by atoms with Crippen LogP contribution < -0.4 is 0 Å². The quantitative estimate of drug-likeness (QED) is 0.299. The van der Waals surface area contributed by atoms with Gasteiger partial charge in [-0.2, -0.15) is 0 Å². The molecular weight excluding hydrogens is 316 g/mol. The number of rotatable bonds is 13. The fraction of sp³-hybridized carbons (Fsp3) is 0.810. The Labute approximate surface area is 153 Å². The Hall–Kier alpha value is -1.16. The summed E-state index contributed by atoms with van der Waals surface area (Å²) in [4.78, 5) is 23.1. The smallest absolute Gasteiger partial charge is 0.330 e. The molecule has 0 aromatic carbocycles. The van der Waals surface area contributed by atoms with Gasteiger partial charge in [0.15, 0.2) is 0 Å². The number of carbonyl (C=O) groups is 2. The lowest BCUT2D eigenvalue weighted by molar-refractivity contribution is -0.134. The predicted octanol–water partition coefficient (Wildman–Crippen LogP) is 4.59. The number of allylic oxidation sites excluding steroid dienone is 1. The normalized spacial score (nSPS) is 21.8. The number of carbonyl (C=O) groups excluding carboxylic acids is 2. The Bertz CT molecular complexity index is 416. The molecule has 0 amide bonds. The van der Waals surface area contributed by atoms with Crippen molar-refractivity contribution in [1.82, 2.24) is 0 Å². The van der Waals surface area contributed by atoms with Crippen LogP contribution in [0.1, 0.15) is 84.0 Å². The fourth-order valence-corrected chi connectivity index (χ4v) is 3.77. The summed E-state index contributed by atoms with van der Waals surface area (Å²) in [6.45, 7) is 2.17. The van der Waals surface area contributed by atoms with E-state index in [0.29, 0.717) is 18.1 Å². The first-order chi connectivity index (χ1) is 12.1. The summed E-state index contributed by atoms with van der Waals surface area (Å²) in [5.74, 6) is 0.741. The van der Waals surface area contributed by atoms with Crippen LogP contribution in [0.4, 0.5) is 0 Å². The highest BCUT2D eigenvalue weighted by Gasteiger charge is 2.33. The number of aliphatic hydroxyl groups excluding tert-OH is 1. The van der Waals surface area contributed by atoms with Crippen LogP contribution in [0.5, 0.6) is 0 Å². The molecule has 0 saturated heterocycles. The van der Waals surface area contributed by atoms with Crippen LogP contribution in [0.25, 0.3) is 0 Å². The monoisotopic (exact) mass is 352 g/mol. The molecule has 25 heavy (non-hydrogen) atoms. The first-order valence-electron chi connectivity index (χ1n) is 10.0. The van der Waals surface area contributed by atoms with Crippen molar-refractivity contribution in [1.29, 1.82) is 0 Å². The Morgan fingerprint density at radius 1 is 1.24 bits per heavy atom. The van der Waals surface area contributed by atoms with Gasteiger partial charge in [-0.3, -0.25) is 4.79 Å². The van der Waals surface area contributed by atoms with Crippen molar-refractivity contribution >= 4 is 11.8 Å². The van der Waals surface area contributed by atoms with Gasteiger partial charge in [0.05, 0.1) is 13.2 Å². The molecule has 1 saturated carbocycles. The van der Waals surface area contributed by atoms with Crippen LogP contribution in [0.15, 0.2) is 12.2 Å². The van der Waals surface area contributed by atoms with Crippen LogP contribution >= 0.6 is 0 Å². The maximum atomic E-state index is 12.2. The fourth-order valence-electron chi connectivity index (χ4n) is 3.77. The number of ketones is 1. The number of ether oxygens (including phenoxy) is 1. The lowest BCUT2D eigenvalue weighted by atomic mass is 9.86. The van der Waals surface area contributed by atoms with Crippen molar-refractivity contribution in [3.8, 4) is 0 Å². The molecule has 0 radical (unpaired) electrons. The highest BCUT2D eigenvalue weighted by Crippen LogP contribution is 2.36. The molecule has 1 fully saturated rings. The second-order valence-electron chi connectivity index (χ2n) is 7.31. The van der Waals surface area contributed by atoms with Gasteiger partial charge in [-0.05, 0) is 50.9 Å². The molecule has 4 nitrogen and oxygen atoms in total. The third-order valence-electron chi connectivity index (χ3n) is 5.35. The van der Waals surface area contributed by atoms with Crippen molar-refractivity contribution in [3.63, 3.8) is 0 Å². The summed E-state index contributed by atoms with van der Waals surface area (Å²) in [5.41, 5.74) is 0. The SMILES string of the molecule is CCCCC[C@H](O)CC[C@H]1CCC(=O)[C@@H]1CCCCC=CC(=O)OC. The molecule has 0 aromatic rings. The summed E-state index contributed by atoms with van der Waals surface area (Å²) in [5, 5.41) is 10.1. The predicted molar refractivity (Wildman–Crippen MR) is 100 cm³/mol. The van der Waals surface area contributed by atoms with Crippen LogP contribution in [-0.4, -0.2) is 30.1 Å². The second kappa shape index (κ2) is 13.1. The third kappa shape index (κ3) is 9.20. The maximum absolute atomic E-state index is 12.2. The van der Waals surface area contributed by atoms with Crippen molar-refractivity contribution in [2.75, 3.05) is 7.11 Å². The number of hydrogen-bond donors (Lipinski definition) is 1. The zero-order valence-electron chi connectivity index (χ0n) is 16.0. The molecule has 0 aromatic heterocycles. The van der Waals surface area contributed by atoms with Gasteiger partial charge in [0.25, 0.3) is 0 Å². The summed E-state index contributed by atoms with van der Waals surface area (Å²) < 4.78 is 4.55. The van der Waals surface area contributed by atoms with E-state index in [-0.39, 0.29) is 18.0 Å². The van der Waals surface area contributed by atoms with Crippen molar-refractivity contribution < 1.29 is 19.4 Å². The van der Waals surface area contributed by atoms with Gasteiger partial charge >= 0.3 is 5.97 Å². The zero-order chi connectivity index (χ0) is 18.5. The first-order valence-corrected chi connectivity index (χ1v) is 10.0. The minimum absolute atomic E-state index is 0.187. The van der Waals surface area contributed by atoms with Gasteiger partial charge in [0, 0.05) is 18.4 Å². The highest BCUT2D eigenvalue weighted by atomic mass is 16.5. The molecule has 4 heteroatoms. The van der Waals surface area contributed by atoms with Gasteiger partial charge in [0.2, 0.25) is 0 Å². The van der Waals surface area contributed by atoms with E-state index in [4.69, 9.17) is 0 Å². The van der Waals surface area contributed by atoms with E-state index in [1.54, 1.807) is 0 Å². The van der Waals surface area contributed by atoms with Crippen molar-refractivity contribution in [3.05, 3.63) is 12.2 Å². The number of hydrogen-bond acceptors (Lipinski definition) is 4. The van der Waals surface area contributed by atoms with Crippen molar-refractivity contribution in [2.45, 2.75) is 90.1 Å². The molecule has 3 atom stereocenters. The topological polar surface area (TPSA) is 63.6 Å². The Kier molecular flexibility index (Phi) is 11.5. The molecule has 0 heterocycles. The summed E-state index contributed by atoms with van der Waals surface area (Å²) in [6.07, 6.45) is 14.8. The summed E-state index contributed by atoms with van der Waals surface area (Å²) in [7, 11) is 1.37. The van der Waals surface area contributed by atoms with Crippen LogP contribution in [-0.2, 0) is 14.3 Å². The van der Waals surface area contributed by atoms with Gasteiger partial charge in [-0.25, -0.2) is 4.79 Å². The van der Waals surface area contributed by atoms with Gasteiger partial charge < -0.3 is 9.84 Å².